The second kappa shape index (κ2) is 7.43. The van der Waals surface area contributed by atoms with Gasteiger partial charge < -0.3 is 20.1 Å². The van der Waals surface area contributed by atoms with Crippen molar-refractivity contribution in [1.29, 1.82) is 0 Å². The summed E-state index contributed by atoms with van der Waals surface area (Å²) in [6.07, 6.45) is 2.76. The Balaban J connectivity index is 2.05. The number of hydrogen-bond donors (Lipinski definition) is 3. The number of aliphatic carboxylic acids is 1. The maximum Gasteiger partial charge on any atom is 0.307 e. The lowest BCUT2D eigenvalue weighted by atomic mass is 10.0. The monoisotopic (exact) mass is 411 g/mol. The minimum Gasteiger partial charge on any atom is -0.506 e. The van der Waals surface area contributed by atoms with Crippen molar-refractivity contribution in [3.63, 3.8) is 0 Å². The van der Waals surface area contributed by atoms with E-state index in [1.54, 1.807) is 16.7 Å². The molecule has 3 N–H and O–H groups in total. The number of nitrogens with zero attached hydrogens (tertiary/aromatic N) is 2. The van der Waals surface area contributed by atoms with E-state index in [4.69, 9.17) is 0 Å². The zero-order valence-electron chi connectivity index (χ0n) is 15.4. The highest BCUT2D eigenvalue weighted by atomic mass is 19.1. The zero-order valence-corrected chi connectivity index (χ0v) is 15.4. The number of carbonyl (C=O) groups is 2. The van der Waals surface area contributed by atoms with Gasteiger partial charge in [0.05, 0.1) is 47.5 Å². The van der Waals surface area contributed by atoms with Gasteiger partial charge in [-0.25, -0.2) is 8.78 Å². The highest BCUT2D eigenvalue weighted by Gasteiger charge is 2.21. The number of anilines is 1. The third-order valence-corrected chi connectivity index (χ3v) is 4.90. The summed E-state index contributed by atoms with van der Waals surface area (Å²) in [5, 5.41) is 22.9. The molecule has 2 heterocycles. The number of rotatable bonds is 6. The minimum absolute atomic E-state index is 0.00392. The Morgan fingerprint density at radius 1 is 1.10 bits per heavy atom. The standard InChI is InChI=1S/C21H15F2N3O4/c22-13-3-1-12(14(23)6-13)9-26-15-4-2-11(5-18(29)30)21(25-10-27)20(15)19-16(26)7-24-8-17(19)28/h1-4,6-8,10,28H,5,9H2,(H,25,27)(H,29,30). The lowest BCUT2D eigenvalue weighted by Gasteiger charge is -2.11. The van der Waals surface area contributed by atoms with Crippen molar-refractivity contribution in [2.45, 2.75) is 13.0 Å². The van der Waals surface area contributed by atoms with E-state index in [0.717, 1.165) is 12.1 Å². The van der Waals surface area contributed by atoms with E-state index in [1.807, 2.05) is 0 Å². The van der Waals surface area contributed by atoms with Gasteiger partial charge in [0, 0.05) is 17.0 Å². The van der Waals surface area contributed by atoms with Crippen LogP contribution in [0.4, 0.5) is 14.5 Å². The molecule has 4 rings (SSSR count). The van der Waals surface area contributed by atoms with Crippen LogP contribution in [-0.2, 0) is 22.6 Å². The normalized spacial score (nSPS) is 11.1. The molecule has 0 atom stereocenters. The second-order valence-corrected chi connectivity index (χ2v) is 6.70. The molecule has 0 saturated carbocycles. The summed E-state index contributed by atoms with van der Waals surface area (Å²) >= 11 is 0. The number of aromatic hydroxyl groups is 1. The molecule has 0 fully saturated rings. The molecule has 0 unspecified atom stereocenters. The van der Waals surface area contributed by atoms with Crippen LogP contribution in [0.1, 0.15) is 11.1 Å². The largest absolute Gasteiger partial charge is 0.506 e. The molecule has 0 spiro atoms. The molecule has 7 nitrogen and oxygen atoms in total. The van der Waals surface area contributed by atoms with E-state index in [0.29, 0.717) is 33.8 Å². The topological polar surface area (TPSA) is 104 Å². The molecule has 9 heteroatoms. The summed E-state index contributed by atoms with van der Waals surface area (Å²) < 4.78 is 29.2. The van der Waals surface area contributed by atoms with Crippen molar-refractivity contribution in [3.05, 3.63) is 65.5 Å². The number of halogens is 2. The average Bonchev–Trinajstić information content (AvgIpc) is 3.00. The van der Waals surface area contributed by atoms with E-state index in [9.17, 15) is 28.6 Å². The number of carbonyl (C=O) groups excluding carboxylic acids is 1. The Morgan fingerprint density at radius 3 is 2.57 bits per heavy atom. The van der Waals surface area contributed by atoms with Crippen molar-refractivity contribution >= 4 is 39.9 Å². The van der Waals surface area contributed by atoms with Crippen LogP contribution in [0.2, 0.25) is 0 Å². The molecule has 4 aromatic rings. The molecule has 0 aliphatic heterocycles. The van der Waals surface area contributed by atoms with Gasteiger partial charge in [-0.15, -0.1) is 0 Å². The zero-order chi connectivity index (χ0) is 21.4. The lowest BCUT2D eigenvalue weighted by Crippen LogP contribution is -2.06. The number of fused-ring (bicyclic) bond motifs is 3. The third kappa shape index (κ3) is 3.20. The Hall–Kier alpha value is -4.01. The Labute approximate surface area is 168 Å². The fraction of sp³-hybridized carbons (Fsp3) is 0.0952. The van der Waals surface area contributed by atoms with E-state index in [2.05, 4.69) is 10.3 Å². The predicted octanol–water partition coefficient (Wildman–Crippen LogP) is 3.42. The van der Waals surface area contributed by atoms with E-state index in [-0.39, 0.29) is 30.0 Å². The summed E-state index contributed by atoms with van der Waals surface area (Å²) in [5.74, 6) is -2.70. The van der Waals surface area contributed by atoms with Crippen molar-refractivity contribution in [2.24, 2.45) is 0 Å². The van der Waals surface area contributed by atoms with Gasteiger partial charge in [-0.05, 0) is 17.7 Å². The average molecular weight is 411 g/mol. The number of carboxylic acid groups (broad SMARTS) is 1. The molecule has 152 valence electrons. The number of benzene rings is 2. The highest BCUT2D eigenvalue weighted by molar-refractivity contribution is 6.18. The summed E-state index contributed by atoms with van der Waals surface area (Å²) in [4.78, 5) is 26.5. The summed E-state index contributed by atoms with van der Waals surface area (Å²) in [7, 11) is 0. The molecule has 1 amide bonds. The minimum atomic E-state index is -1.09. The SMILES string of the molecule is O=CNc1c(CC(=O)O)ccc2c1c1c(O)cncc1n2Cc1ccc(F)cc1F. The number of carboxylic acids is 1. The van der Waals surface area contributed by atoms with Gasteiger partial charge in [-0.2, -0.15) is 0 Å². The summed E-state index contributed by atoms with van der Waals surface area (Å²) in [6.45, 7) is -0.00392. The molecule has 0 aliphatic carbocycles. The highest BCUT2D eigenvalue weighted by Crippen LogP contribution is 2.40. The van der Waals surface area contributed by atoms with Gasteiger partial charge >= 0.3 is 5.97 Å². The van der Waals surface area contributed by atoms with Crippen LogP contribution in [-0.4, -0.2) is 32.1 Å². The lowest BCUT2D eigenvalue weighted by molar-refractivity contribution is -0.136. The van der Waals surface area contributed by atoms with Gasteiger partial charge in [0.2, 0.25) is 6.41 Å². The number of pyridine rings is 1. The van der Waals surface area contributed by atoms with Crippen LogP contribution < -0.4 is 5.32 Å². The van der Waals surface area contributed by atoms with Crippen molar-refractivity contribution in [2.75, 3.05) is 5.32 Å². The molecule has 0 radical (unpaired) electrons. The molecular weight excluding hydrogens is 396 g/mol. The van der Waals surface area contributed by atoms with Crippen molar-refractivity contribution < 1.29 is 28.6 Å². The fourth-order valence-corrected chi connectivity index (χ4v) is 3.67. The third-order valence-electron chi connectivity index (χ3n) is 4.90. The van der Waals surface area contributed by atoms with Crippen LogP contribution in [0, 0.1) is 11.6 Å². The Bertz CT molecular complexity index is 1320. The predicted molar refractivity (Wildman–Crippen MR) is 105 cm³/mol. The molecule has 2 aromatic carbocycles. The Kier molecular flexibility index (Phi) is 4.78. The van der Waals surface area contributed by atoms with Gasteiger partial charge in [-0.3, -0.25) is 14.6 Å². The first-order chi connectivity index (χ1) is 14.4. The molecule has 2 aromatic heterocycles. The van der Waals surface area contributed by atoms with Gasteiger partial charge in [0.1, 0.15) is 17.4 Å². The van der Waals surface area contributed by atoms with Gasteiger partial charge in [0.25, 0.3) is 0 Å². The Morgan fingerprint density at radius 2 is 1.87 bits per heavy atom. The first-order valence-corrected chi connectivity index (χ1v) is 8.87. The van der Waals surface area contributed by atoms with E-state index >= 15 is 0 Å². The number of hydrogen-bond acceptors (Lipinski definition) is 4. The molecule has 0 saturated heterocycles. The molecule has 30 heavy (non-hydrogen) atoms. The van der Waals surface area contributed by atoms with Gasteiger partial charge in [-0.1, -0.05) is 12.1 Å². The quantitative estimate of drug-likeness (QED) is 0.422. The van der Waals surface area contributed by atoms with Crippen molar-refractivity contribution in [3.8, 4) is 5.75 Å². The van der Waals surface area contributed by atoms with Crippen LogP contribution in [0.15, 0.2) is 42.7 Å². The second-order valence-electron chi connectivity index (χ2n) is 6.70. The maximum atomic E-state index is 14.3. The van der Waals surface area contributed by atoms with Crippen LogP contribution in [0.5, 0.6) is 5.75 Å². The number of nitrogens with one attached hydrogen (secondary N) is 1. The smallest absolute Gasteiger partial charge is 0.307 e. The summed E-state index contributed by atoms with van der Waals surface area (Å²) in [6, 6.07) is 6.42. The first kappa shape index (κ1) is 19.3. The molecule has 0 bridgehead atoms. The summed E-state index contributed by atoms with van der Waals surface area (Å²) in [5.41, 5.74) is 1.73. The van der Waals surface area contributed by atoms with Crippen molar-refractivity contribution in [1.82, 2.24) is 9.55 Å². The molecule has 0 aliphatic rings. The van der Waals surface area contributed by atoms with Crippen LogP contribution in [0.3, 0.4) is 0 Å². The number of aromatic nitrogens is 2. The van der Waals surface area contributed by atoms with E-state index < -0.39 is 17.6 Å². The van der Waals surface area contributed by atoms with Crippen LogP contribution in [0.25, 0.3) is 21.8 Å². The van der Waals surface area contributed by atoms with Crippen LogP contribution >= 0.6 is 0 Å². The van der Waals surface area contributed by atoms with Gasteiger partial charge in [0.15, 0.2) is 0 Å². The maximum absolute atomic E-state index is 14.3. The first-order valence-electron chi connectivity index (χ1n) is 8.87. The number of amides is 1. The fourth-order valence-electron chi connectivity index (χ4n) is 3.67. The van der Waals surface area contributed by atoms with E-state index in [1.165, 1.54) is 18.5 Å². The molecular formula is C21H15F2N3O4.